The summed E-state index contributed by atoms with van der Waals surface area (Å²) < 4.78 is 0. The van der Waals surface area contributed by atoms with Crippen LogP contribution in [0.25, 0.3) is 0 Å². The zero-order valence-electron chi connectivity index (χ0n) is 9.14. The minimum Gasteiger partial charge on any atom is -0.0651 e. The number of hydrogen-bond acceptors (Lipinski definition) is 0. The molecular formula is C12H24. The lowest BCUT2D eigenvalue weighted by Crippen LogP contribution is -2.01. The molecule has 0 aromatic heterocycles. The molecule has 1 aliphatic rings. The molecule has 0 heterocycles. The Morgan fingerprint density at radius 1 is 1.17 bits per heavy atom. The van der Waals surface area contributed by atoms with E-state index in [0.29, 0.717) is 0 Å². The largest absolute Gasteiger partial charge is 0.0651 e. The van der Waals surface area contributed by atoms with Crippen molar-refractivity contribution in [2.24, 2.45) is 23.7 Å². The van der Waals surface area contributed by atoms with Gasteiger partial charge in [-0.1, -0.05) is 34.1 Å². The van der Waals surface area contributed by atoms with Crippen LogP contribution in [0.5, 0.6) is 0 Å². The van der Waals surface area contributed by atoms with E-state index < -0.39 is 0 Å². The van der Waals surface area contributed by atoms with Crippen molar-refractivity contribution in [1.82, 2.24) is 0 Å². The van der Waals surface area contributed by atoms with Crippen molar-refractivity contribution in [3.63, 3.8) is 0 Å². The molecule has 3 atom stereocenters. The van der Waals surface area contributed by atoms with E-state index in [2.05, 4.69) is 27.7 Å². The predicted molar refractivity (Wildman–Crippen MR) is 55.1 cm³/mol. The molecule has 3 unspecified atom stereocenters. The van der Waals surface area contributed by atoms with Crippen LogP contribution in [0, 0.1) is 23.7 Å². The minimum atomic E-state index is 0.888. The number of hydrogen-bond donors (Lipinski definition) is 0. The highest BCUT2D eigenvalue weighted by molar-refractivity contribution is 4.86. The van der Waals surface area contributed by atoms with Gasteiger partial charge in [-0.15, -0.1) is 0 Å². The molecule has 1 saturated carbocycles. The Hall–Kier alpha value is 0. The molecule has 0 N–H and O–H groups in total. The van der Waals surface area contributed by atoms with Crippen LogP contribution in [0.1, 0.15) is 53.4 Å². The van der Waals surface area contributed by atoms with Crippen LogP contribution < -0.4 is 0 Å². The summed E-state index contributed by atoms with van der Waals surface area (Å²) in [6.45, 7) is 9.42. The van der Waals surface area contributed by atoms with Crippen molar-refractivity contribution in [2.45, 2.75) is 53.4 Å². The Bertz CT molecular complexity index is 126. The minimum absolute atomic E-state index is 0.888. The van der Waals surface area contributed by atoms with Gasteiger partial charge in [0, 0.05) is 0 Å². The molecule has 1 aliphatic carbocycles. The first-order valence-electron chi connectivity index (χ1n) is 5.63. The van der Waals surface area contributed by atoms with E-state index in [1.807, 2.05) is 0 Å². The summed E-state index contributed by atoms with van der Waals surface area (Å²) in [6, 6.07) is 0. The standard InChI is InChI=1S/C12H24/c1-5-11-8-12(11)7-10(4)6-9(2)3/h9-12H,5-8H2,1-4H3. The highest BCUT2D eigenvalue weighted by atomic mass is 14.4. The maximum atomic E-state index is 2.42. The van der Waals surface area contributed by atoms with Crippen molar-refractivity contribution in [3.05, 3.63) is 0 Å². The van der Waals surface area contributed by atoms with Gasteiger partial charge >= 0.3 is 0 Å². The van der Waals surface area contributed by atoms with E-state index in [1.54, 1.807) is 0 Å². The van der Waals surface area contributed by atoms with E-state index in [1.165, 1.54) is 25.7 Å². The fourth-order valence-corrected chi connectivity index (χ4v) is 2.52. The Morgan fingerprint density at radius 3 is 2.25 bits per heavy atom. The van der Waals surface area contributed by atoms with E-state index in [0.717, 1.165) is 23.7 Å². The summed E-state index contributed by atoms with van der Waals surface area (Å²) in [7, 11) is 0. The first kappa shape index (κ1) is 10.1. The van der Waals surface area contributed by atoms with Gasteiger partial charge in [0.25, 0.3) is 0 Å². The maximum Gasteiger partial charge on any atom is -0.0381 e. The lowest BCUT2D eigenvalue weighted by atomic mass is 9.93. The maximum absolute atomic E-state index is 2.42. The van der Waals surface area contributed by atoms with Gasteiger partial charge in [0.15, 0.2) is 0 Å². The van der Waals surface area contributed by atoms with E-state index in [9.17, 15) is 0 Å². The van der Waals surface area contributed by atoms with Gasteiger partial charge in [-0.3, -0.25) is 0 Å². The summed E-state index contributed by atoms with van der Waals surface area (Å²) >= 11 is 0. The summed E-state index contributed by atoms with van der Waals surface area (Å²) in [5, 5.41) is 0. The Labute approximate surface area is 77.7 Å². The molecule has 0 radical (unpaired) electrons. The molecule has 72 valence electrons. The topological polar surface area (TPSA) is 0 Å². The van der Waals surface area contributed by atoms with Crippen molar-refractivity contribution in [1.29, 1.82) is 0 Å². The second-order valence-electron chi connectivity index (χ2n) is 5.13. The van der Waals surface area contributed by atoms with Crippen LogP contribution in [0.2, 0.25) is 0 Å². The molecule has 0 spiro atoms. The summed E-state index contributed by atoms with van der Waals surface area (Å²) in [5.74, 6) is 4.05. The van der Waals surface area contributed by atoms with Crippen LogP contribution in [0.3, 0.4) is 0 Å². The van der Waals surface area contributed by atoms with Crippen LogP contribution in [-0.2, 0) is 0 Å². The fourth-order valence-electron chi connectivity index (χ4n) is 2.52. The number of rotatable bonds is 5. The van der Waals surface area contributed by atoms with Crippen molar-refractivity contribution >= 4 is 0 Å². The summed E-state index contributed by atoms with van der Waals surface area (Å²) in [4.78, 5) is 0. The van der Waals surface area contributed by atoms with Crippen molar-refractivity contribution < 1.29 is 0 Å². The molecule has 0 aromatic rings. The molecule has 0 bridgehead atoms. The highest BCUT2D eigenvalue weighted by Crippen LogP contribution is 2.45. The van der Waals surface area contributed by atoms with Gasteiger partial charge in [-0.05, 0) is 42.9 Å². The second kappa shape index (κ2) is 4.30. The third-order valence-electron chi connectivity index (χ3n) is 3.17. The average molecular weight is 168 g/mol. The molecule has 1 rings (SSSR count). The first-order chi connectivity index (χ1) is 5.63. The zero-order valence-corrected chi connectivity index (χ0v) is 9.14. The third kappa shape index (κ3) is 3.16. The Balaban J connectivity index is 2.07. The third-order valence-corrected chi connectivity index (χ3v) is 3.17. The lowest BCUT2D eigenvalue weighted by Gasteiger charge is -2.13. The van der Waals surface area contributed by atoms with Crippen LogP contribution >= 0.6 is 0 Å². The molecule has 0 nitrogen and oxygen atoms in total. The van der Waals surface area contributed by atoms with Crippen molar-refractivity contribution in [3.8, 4) is 0 Å². The van der Waals surface area contributed by atoms with Crippen LogP contribution in [-0.4, -0.2) is 0 Å². The fraction of sp³-hybridized carbons (Fsp3) is 1.00. The average Bonchev–Trinajstić information content (AvgIpc) is 2.65. The van der Waals surface area contributed by atoms with Gasteiger partial charge in [0.05, 0.1) is 0 Å². The Kier molecular flexibility index (Phi) is 3.61. The van der Waals surface area contributed by atoms with Crippen LogP contribution in [0.15, 0.2) is 0 Å². The molecule has 0 amide bonds. The second-order valence-corrected chi connectivity index (χ2v) is 5.13. The Morgan fingerprint density at radius 2 is 1.83 bits per heavy atom. The lowest BCUT2D eigenvalue weighted by molar-refractivity contribution is 0.388. The SMILES string of the molecule is CCC1CC1CC(C)CC(C)C. The van der Waals surface area contributed by atoms with Crippen LogP contribution in [0.4, 0.5) is 0 Å². The predicted octanol–water partition coefficient (Wildman–Crippen LogP) is 4.10. The first-order valence-corrected chi connectivity index (χ1v) is 5.63. The quantitative estimate of drug-likeness (QED) is 0.579. The molecule has 1 fully saturated rings. The van der Waals surface area contributed by atoms with Gasteiger partial charge in [0.1, 0.15) is 0 Å². The van der Waals surface area contributed by atoms with Gasteiger partial charge in [-0.2, -0.15) is 0 Å². The zero-order chi connectivity index (χ0) is 9.14. The molecule has 12 heavy (non-hydrogen) atoms. The smallest absolute Gasteiger partial charge is 0.0381 e. The molecule has 0 aromatic carbocycles. The molecule has 0 heteroatoms. The monoisotopic (exact) mass is 168 g/mol. The van der Waals surface area contributed by atoms with E-state index in [4.69, 9.17) is 0 Å². The van der Waals surface area contributed by atoms with Gasteiger partial charge in [0.2, 0.25) is 0 Å². The van der Waals surface area contributed by atoms with Gasteiger partial charge in [-0.25, -0.2) is 0 Å². The molecule has 0 aliphatic heterocycles. The molecular weight excluding hydrogens is 144 g/mol. The molecule has 0 saturated heterocycles. The normalized spacial score (nSPS) is 30.8. The van der Waals surface area contributed by atoms with Crippen molar-refractivity contribution in [2.75, 3.05) is 0 Å². The van der Waals surface area contributed by atoms with Gasteiger partial charge < -0.3 is 0 Å². The van der Waals surface area contributed by atoms with E-state index in [-0.39, 0.29) is 0 Å². The van der Waals surface area contributed by atoms with E-state index >= 15 is 0 Å². The highest BCUT2D eigenvalue weighted by Gasteiger charge is 2.35. The summed E-state index contributed by atoms with van der Waals surface area (Å²) in [6.07, 6.45) is 5.86. The summed E-state index contributed by atoms with van der Waals surface area (Å²) in [5.41, 5.74) is 0.